The molecule has 10 aromatic rings. The second-order valence-electron chi connectivity index (χ2n) is 12.2. The maximum Gasteiger partial charge on any atom is 0.310 e. The molecule has 0 radical (unpaired) electrons. The Morgan fingerprint density at radius 3 is 1.86 bits per heavy atom. The second-order valence-corrected chi connectivity index (χ2v) is 12.2. The van der Waals surface area contributed by atoms with Crippen molar-refractivity contribution in [2.45, 2.75) is 5.66 Å². The molecule has 1 spiro atoms. The van der Waals surface area contributed by atoms with Gasteiger partial charge >= 0.3 is 5.65 Å². The lowest BCUT2D eigenvalue weighted by Crippen LogP contribution is -2.72. The maximum absolute atomic E-state index is 6.92. The predicted molar refractivity (Wildman–Crippen MR) is 167 cm³/mol. The summed E-state index contributed by atoms with van der Waals surface area (Å²) in [6, 6.07) is 35.1. The summed E-state index contributed by atoms with van der Waals surface area (Å²) in [4.78, 5) is 9.59. The van der Waals surface area contributed by atoms with Crippen molar-refractivity contribution in [1.29, 1.82) is 0 Å². The minimum Gasteiger partial charge on any atom is -0.456 e. The highest BCUT2D eigenvalue weighted by molar-refractivity contribution is 6.19. The molecule has 3 aliphatic rings. The molecule has 200 valence electrons. The molecule has 0 amide bonds. The topological polar surface area (TPSA) is 51.6 Å². The summed E-state index contributed by atoms with van der Waals surface area (Å²) >= 11 is 0. The number of ether oxygens (including phenoxy) is 1. The first kappa shape index (κ1) is 20.7. The van der Waals surface area contributed by atoms with E-state index in [1.807, 2.05) is 6.20 Å². The number of benzene rings is 5. The molecule has 7 heteroatoms. The summed E-state index contributed by atoms with van der Waals surface area (Å²) in [5.41, 5.74) is 10.5. The van der Waals surface area contributed by atoms with E-state index < -0.39 is 5.66 Å². The molecule has 1 unspecified atom stereocenters. The number of hydrogen-bond acceptors (Lipinski definition) is 3. The molecular weight excluding hydrogens is 544 g/mol. The predicted octanol–water partition coefficient (Wildman–Crippen LogP) is 6.51. The largest absolute Gasteiger partial charge is 0.456 e. The molecule has 0 saturated heterocycles. The fourth-order valence-electron chi connectivity index (χ4n) is 9.23. The summed E-state index contributed by atoms with van der Waals surface area (Å²) in [6.45, 7) is 0. The van der Waals surface area contributed by atoms with E-state index in [0.717, 1.165) is 33.8 Å². The third-order valence-corrected chi connectivity index (χ3v) is 10.6. The summed E-state index contributed by atoms with van der Waals surface area (Å²) in [7, 11) is 0. The van der Waals surface area contributed by atoms with Crippen LogP contribution in [0.5, 0.6) is 11.5 Å². The van der Waals surface area contributed by atoms with Gasteiger partial charge in [-0.3, -0.25) is 0 Å². The average Bonchev–Trinajstić information content (AvgIpc) is 3.79. The van der Waals surface area contributed by atoms with Crippen molar-refractivity contribution in [3.63, 3.8) is 0 Å². The third-order valence-electron chi connectivity index (χ3n) is 10.6. The number of aromatic nitrogens is 6. The highest BCUT2D eigenvalue weighted by atomic mass is 16.5. The summed E-state index contributed by atoms with van der Waals surface area (Å²) in [6.07, 6.45) is 3.64. The SMILES string of the molecule is c1ccc2c(c1)c1ccc3c4c1c1n2c2ccccc2[n+]1C41c2c(ccc4c5ccccc5n5c6cncnc6[n+]1c5c24)O3. The number of nitrogens with zero attached hydrogens (tertiary/aromatic N) is 6. The first-order chi connectivity index (χ1) is 21.9. The fourth-order valence-corrected chi connectivity index (χ4v) is 9.23. The molecule has 13 rings (SSSR count). The van der Waals surface area contributed by atoms with Gasteiger partial charge in [0, 0.05) is 16.2 Å². The van der Waals surface area contributed by atoms with E-state index in [4.69, 9.17) is 9.72 Å². The van der Waals surface area contributed by atoms with Gasteiger partial charge in [-0.1, -0.05) is 53.5 Å². The molecule has 0 fully saturated rings. The zero-order chi connectivity index (χ0) is 28.1. The standard InChI is InChI=1S/C37H18N6O/c1-3-9-23-19(7-1)21-13-15-28-32-30(21)35-40(23)25-11-5-6-12-26(25)42(35)37(32)33-29(44-28)16-14-22-20-8-2-4-10-24(20)41-27-17-38-18-39-34(27)43(37)36(41)31(22)33/h1-18H/q+2. The molecule has 1 atom stereocenters. The van der Waals surface area contributed by atoms with Crippen LogP contribution in [0.15, 0.2) is 110 Å². The van der Waals surface area contributed by atoms with Crippen LogP contribution >= 0.6 is 0 Å². The lowest BCUT2D eigenvalue weighted by atomic mass is 9.85. The van der Waals surface area contributed by atoms with Crippen molar-refractivity contribution in [2.75, 3.05) is 0 Å². The molecule has 44 heavy (non-hydrogen) atoms. The van der Waals surface area contributed by atoms with Crippen LogP contribution in [0.1, 0.15) is 11.1 Å². The van der Waals surface area contributed by atoms with Crippen molar-refractivity contribution in [3.8, 4) is 11.5 Å². The Morgan fingerprint density at radius 1 is 0.568 bits per heavy atom. The van der Waals surface area contributed by atoms with Crippen LogP contribution in [-0.2, 0) is 5.66 Å². The summed E-state index contributed by atoms with van der Waals surface area (Å²) in [5, 5.41) is 7.31. The van der Waals surface area contributed by atoms with Crippen LogP contribution in [0.2, 0.25) is 0 Å². The Bertz CT molecular complexity index is 2890. The first-order valence-corrected chi connectivity index (χ1v) is 14.9. The Balaban J connectivity index is 1.45. The van der Waals surface area contributed by atoms with E-state index in [1.54, 1.807) is 6.33 Å². The fraction of sp³-hybridized carbons (Fsp3) is 0.0270. The molecule has 5 aromatic carbocycles. The molecule has 5 aromatic heterocycles. The van der Waals surface area contributed by atoms with Crippen LogP contribution in [0, 0.1) is 0 Å². The summed E-state index contributed by atoms with van der Waals surface area (Å²) in [5.74, 6) is 1.78. The lowest BCUT2D eigenvalue weighted by molar-refractivity contribution is -0.924. The van der Waals surface area contributed by atoms with Gasteiger partial charge in [0.1, 0.15) is 28.1 Å². The lowest BCUT2D eigenvalue weighted by Gasteiger charge is -2.31. The van der Waals surface area contributed by atoms with Gasteiger partial charge in [0.15, 0.2) is 22.9 Å². The van der Waals surface area contributed by atoms with Gasteiger partial charge in [0.25, 0.3) is 11.3 Å². The van der Waals surface area contributed by atoms with Crippen molar-refractivity contribution >= 4 is 76.8 Å². The van der Waals surface area contributed by atoms with E-state index in [2.05, 4.69) is 120 Å². The molecular formula is C37H18N6O+2. The zero-order valence-electron chi connectivity index (χ0n) is 23.0. The van der Waals surface area contributed by atoms with Gasteiger partial charge in [-0.15, -0.1) is 0 Å². The molecule has 3 aliphatic heterocycles. The average molecular weight is 563 g/mol. The Kier molecular flexibility index (Phi) is 2.97. The van der Waals surface area contributed by atoms with E-state index in [9.17, 15) is 0 Å². The molecule has 8 heterocycles. The zero-order valence-corrected chi connectivity index (χ0v) is 23.0. The minimum absolute atomic E-state index is 0.753. The molecule has 0 N–H and O–H groups in total. The van der Waals surface area contributed by atoms with Gasteiger partial charge in [-0.2, -0.15) is 13.5 Å². The van der Waals surface area contributed by atoms with Crippen molar-refractivity contribution < 1.29 is 13.9 Å². The third kappa shape index (κ3) is 1.80. The minimum atomic E-state index is -0.753. The van der Waals surface area contributed by atoms with Crippen molar-refractivity contribution in [3.05, 3.63) is 121 Å². The first-order valence-electron chi connectivity index (χ1n) is 14.9. The molecule has 0 aliphatic carbocycles. The smallest absolute Gasteiger partial charge is 0.310 e. The van der Waals surface area contributed by atoms with Gasteiger partial charge in [0.05, 0.1) is 22.5 Å². The highest BCUT2D eigenvalue weighted by Crippen LogP contribution is 2.58. The van der Waals surface area contributed by atoms with Gasteiger partial charge in [-0.25, -0.2) is 9.38 Å². The quantitative estimate of drug-likeness (QED) is 0.157. The molecule has 0 bridgehead atoms. The van der Waals surface area contributed by atoms with Gasteiger partial charge in [0.2, 0.25) is 5.65 Å². The summed E-state index contributed by atoms with van der Waals surface area (Å²) < 4.78 is 16.8. The Hall–Kier alpha value is -6.08. The molecule has 0 saturated carbocycles. The Morgan fingerprint density at radius 2 is 1.16 bits per heavy atom. The van der Waals surface area contributed by atoms with Crippen molar-refractivity contribution in [1.82, 2.24) is 18.8 Å². The van der Waals surface area contributed by atoms with E-state index in [1.165, 1.54) is 65.6 Å². The van der Waals surface area contributed by atoms with Crippen LogP contribution in [0.4, 0.5) is 0 Å². The van der Waals surface area contributed by atoms with Crippen LogP contribution < -0.4 is 13.9 Å². The van der Waals surface area contributed by atoms with Crippen LogP contribution in [-0.4, -0.2) is 18.8 Å². The number of fused-ring (bicyclic) bond motifs is 12. The van der Waals surface area contributed by atoms with Gasteiger partial charge in [-0.05, 0) is 53.9 Å². The Labute approximate surface area is 247 Å². The second kappa shape index (κ2) is 6.31. The monoisotopic (exact) mass is 562 g/mol. The number of imidazole rings is 2. The number of pyridine rings is 2. The van der Waals surface area contributed by atoms with Gasteiger partial charge < -0.3 is 4.74 Å². The molecule has 7 nitrogen and oxygen atoms in total. The van der Waals surface area contributed by atoms with Crippen LogP contribution in [0.3, 0.4) is 0 Å². The van der Waals surface area contributed by atoms with Crippen molar-refractivity contribution in [2.24, 2.45) is 0 Å². The van der Waals surface area contributed by atoms with Crippen LogP contribution in [0.25, 0.3) is 76.8 Å². The number of para-hydroxylation sites is 4. The highest BCUT2D eigenvalue weighted by Gasteiger charge is 2.66. The maximum atomic E-state index is 6.92. The van der Waals surface area contributed by atoms with E-state index in [0.29, 0.717) is 0 Å². The number of rotatable bonds is 0. The normalized spacial score (nSPS) is 17.4. The van der Waals surface area contributed by atoms with E-state index >= 15 is 0 Å². The van der Waals surface area contributed by atoms with E-state index in [-0.39, 0.29) is 0 Å². The number of hydrogen-bond donors (Lipinski definition) is 0.